The van der Waals surface area contributed by atoms with Gasteiger partial charge in [-0.2, -0.15) is 0 Å². The first-order valence-electron chi connectivity index (χ1n) is 11.8. The van der Waals surface area contributed by atoms with Crippen LogP contribution in [-0.4, -0.2) is 46.5 Å². The molecule has 0 spiro atoms. The smallest absolute Gasteiger partial charge is 0.257 e. The van der Waals surface area contributed by atoms with Gasteiger partial charge in [0.25, 0.3) is 5.91 Å². The molecule has 7 heteroatoms. The van der Waals surface area contributed by atoms with Gasteiger partial charge in [-0.1, -0.05) is 60.7 Å². The third kappa shape index (κ3) is 6.69. The van der Waals surface area contributed by atoms with Crippen molar-refractivity contribution in [1.29, 1.82) is 0 Å². The summed E-state index contributed by atoms with van der Waals surface area (Å²) < 4.78 is 7.47. The van der Waals surface area contributed by atoms with E-state index in [4.69, 9.17) is 9.72 Å². The fourth-order valence-electron chi connectivity index (χ4n) is 3.89. The molecule has 0 aliphatic rings. The van der Waals surface area contributed by atoms with Crippen LogP contribution >= 0.6 is 0 Å². The number of nitrogens with one attached hydrogen (secondary N) is 1. The second kappa shape index (κ2) is 11.8. The largest absolute Gasteiger partial charge is 0.484 e. The third-order valence-corrected chi connectivity index (χ3v) is 5.73. The highest BCUT2D eigenvalue weighted by molar-refractivity contribution is 5.81. The number of ether oxygens (including phenoxy) is 1. The van der Waals surface area contributed by atoms with E-state index >= 15 is 0 Å². The predicted molar refractivity (Wildman–Crippen MR) is 136 cm³/mol. The molecule has 0 atom stereocenters. The minimum atomic E-state index is -0.167. The zero-order valence-electron chi connectivity index (χ0n) is 19.9. The van der Waals surface area contributed by atoms with Crippen molar-refractivity contribution in [2.45, 2.75) is 25.9 Å². The maximum absolute atomic E-state index is 13.0. The average molecular weight is 471 g/mol. The first-order chi connectivity index (χ1) is 17.1. The number of hydrogen-bond donors (Lipinski definition) is 1. The minimum absolute atomic E-state index is 0.0182. The molecule has 3 aromatic carbocycles. The number of imidazole rings is 1. The van der Waals surface area contributed by atoms with E-state index in [-0.39, 0.29) is 25.0 Å². The lowest BCUT2D eigenvalue weighted by molar-refractivity contribution is -0.131. The first-order valence-corrected chi connectivity index (χ1v) is 11.8. The van der Waals surface area contributed by atoms with Crippen LogP contribution in [0.5, 0.6) is 5.75 Å². The van der Waals surface area contributed by atoms with Gasteiger partial charge >= 0.3 is 0 Å². The topological polar surface area (TPSA) is 76.5 Å². The van der Waals surface area contributed by atoms with Gasteiger partial charge in [-0.3, -0.25) is 9.59 Å². The maximum atomic E-state index is 13.0. The van der Waals surface area contributed by atoms with Crippen LogP contribution in [0.4, 0.5) is 0 Å². The van der Waals surface area contributed by atoms with Crippen LogP contribution in [0.3, 0.4) is 0 Å². The van der Waals surface area contributed by atoms with Crippen molar-refractivity contribution < 1.29 is 14.3 Å². The Balaban J connectivity index is 1.33. The number of likely N-dealkylation sites (N-methyl/N-ethyl adjacent to an activating group) is 1. The van der Waals surface area contributed by atoms with Gasteiger partial charge in [0.15, 0.2) is 6.61 Å². The minimum Gasteiger partial charge on any atom is -0.484 e. The molecule has 0 aliphatic heterocycles. The lowest BCUT2D eigenvalue weighted by atomic mass is 10.2. The molecule has 180 valence electrons. The summed E-state index contributed by atoms with van der Waals surface area (Å²) in [4.78, 5) is 31.6. The Bertz CT molecular complexity index is 1260. The van der Waals surface area contributed by atoms with Gasteiger partial charge in [0.2, 0.25) is 5.91 Å². The fraction of sp³-hybridized carbons (Fsp3) is 0.250. The monoisotopic (exact) mass is 470 g/mol. The quantitative estimate of drug-likeness (QED) is 0.338. The standard InChI is InChI=1S/C28H30N4O3/c1-31(19-22-11-4-2-5-12-22)28(34)20-32-25-16-9-8-15-24(25)30-26(32)17-10-18-29-27(33)21-35-23-13-6-3-7-14-23/h2-9,11-16H,10,17-21H2,1H3,(H,29,33). The number of nitrogens with zero attached hydrogens (tertiary/aromatic N) is 3. The number of rotatable bonds is 11. The van der Waals surface area contributed by atoms with Crippen LogP contribution in [0.2, 0.25) is 0 Å². The van der Waals surface area contributed by atoms with Crippen molar-refractivity contribution in [2.24, 2.45) is 0 Å². The first kappa shape index (κ1) is 24.0. The van der Waals surface area contributed by atoms with Crippen molar-refractivity contribution in [3.63, 3.8) is 0 Å². The number of carbonyl (C=O) groups is 2. The predicted octanol–water partition coefficient (Wildman–Crippen LogP) is 3.82. The fourth-order valence-corrected chi connectivity index (χ4v) is 3.89. The molecule has 0 radical (unpaired) electrons. The lowest BCUT2D eigenvalue weighted by Gasteiger charge is -2.19. The van der Waals surface area contributed by atoms with Crippen molar-refractivity contribution in [3.05, 3.63) is 96.3 Å². The summed E-state index contributed by atoms with van der Waals surface area (Å²) in [5.41, 5.74) is 2.89. The second-order valence-electron chi connectivity index (χ2n) is 8.39. The number of amides is 2. The maximum Gasteiger partial charge on any atom is 0.257 e. The van der Waals surface area contributed by atoms with Gasteiger partial charge in [0.05, 0.1) is 11.0 Å². The van der Waals surface area contributed by atoms with Crippen molar-refractivity contribution in [3.8, 4) is 5.75 Å². The molecule has 2 amide bonds. The highest BCUT2D eigenvalue weighted by Gasteiger charge is 2.16. The van der Waals surface area contributed by atoms with Gasteiger partial charge < -0.3 is 19.5 Å². The van der Waals surface area contributed by atoms with Gasteiger partial charge in [-0.15, -0.1) is 0 Å². The number of hydrogen-bond acceptors (Lipinski definition) is 4. The Morgan fingerprint density at radius 3 is 2.40 bits per heavy atom. The average Bonchev–Trinajstić information content (AvgIpc) is 3.23. The SMILES string of the molecule is CN(Cc1ccccc1)C(=O)Cn1c(CCCNC(=O)COc2ccccc2)nc2ccccc21. The van der Waals surface area contributed by atoms with E-state index in [2.05, 4.69) is 5.32 Å². The molecule has 0 aliphatic carbocycles. The number of benzene rings is 3. The van der Waals surface area contributed by atoms with E-state index in [0.717, 1.165) is 22.4 Å². The molecule has 35 heavy (non-hydrogen) atoms. The van der Waals surface area contributed by atoms with E-state index in [1.807, 2.05) is 96.5 Å². The molecule has 1 heterocycles. The van der Waals surface area contributed by atoms with Gasteiger partial charge in [-0.25, -0.2) is 4.98 Å². The van der Waals surface area contributed by atoms with E-state index in [0.29, 0.717) is 31.7 Å². The lowest BCUT2D eigenvalue weighted by Crippen LogP contribution is -2.31. The Kier molecular flexibility index (Phi) is 8.12. The molecule has 1 N–H and O–H groups in total. The molecular weight excluding hydrogens is 440 g/mol. The Hall–Kier alpha value is -4.13. The highest BCUT2D eigenvalue weighted by atomic mass is 16.5. The molecule has 0 fully saturated rings. The van der Waals surface area contributed by atoms with Crippen molar-refractivity contribution in [2.75, 3.05) is 20.2 Å². The Morgan fingerprint density at radius 1 is 0.943 bits per heavy atom. The van der Waals surface area contributed by atoms with E-state index in [9.17, 15) is 9.59 Å². The van der Waals surface area contributed by atoms with E-state index in [1.165, 1.54) is 0 Å². The van der Waals surface area contributed by atoms with Crippen LogP contribution in [0.25, 0.3) is 11.0 Å². The summed E-state index contributed by atoms with van der Waals surface area (Å²) in [6.45, 7) is 1.25. The molecule has 4 rings (SSSR count). The Labute approximate surface area is 205 Å². The molecular formula is C28H30N4O3. The number of aryl methyl sites for hydroxylation is 1. The number of aromatic nitrogens is 2. The summed E-state index contributed by atoms with van der Waals surface area (Å²) >= 11 is 0. The van der Waals surface area contributed by atoms with Crippen molar-refractivity contribution >= 4 is 22.8 Å². The molecule has 0 bridgehead atoms. The molecule has 0 saturated heterocycles. The van der Waals surface area contributed by atoms with Crippen LogP contribution < -0.4 is 10.1 Å². The van der Waals surface area contributed by atoms with Gasteiger partial charge in [-0.05, 0) is 36.2 Å². The van der Waals surface area contributed by atoms with E-state index in [1.54, 1.807) is 4.90 Å². The Morgan fingerprint density at radius 2 is 1.63 bits per heavy atom. The summed E-state index contributed by atoms with van der Waals surface area (Å²) in [6, 6.07) is 27.0. The molecule has 0 unspecified atom stereocenters. The van der Waals surface area contributed by atoms with Crippen molar-refractivity contribution in [1.82, 2.24) is 19.8 Å². The van der Waals surface area contributed by atoms with E-state index < -0.39 is 0 Å². The van der Waals surface area contributed by atoms with Gasteiger partial charge in [0, 0.05) is 26.6 Å². The summed E-state index contributed by atoms with van der Waals surface area (Å²) in [7, 11) is 1.82. The summed E-state index contributed by atoms with van der Waals surface area (Å²) in [5, 5.41) is 2.89. The molecule has 7 nitrogen and oxygen atoms in total. The molecule has 0 saturated carbocycles. The zero-order valence-corrected chi connectivity index (χ0v) is 19.9. The number of carbonyl (C=O) groups excluding carboxylic acids is 2. The van der Waals surface area contributed by atoms with Crippen LogP contribution in [0.1, 0.15) is 17.8 Å². The molecule has 1 aromatic heterocycles. The number of fused-ring (bicyclic) bond motifs is 1. The third-order valence-electron chi connectivity index (χ3n) is 5.73. The summed E-state index contributed by atoms with van der Waals surface area (Å²) in [6.07, 6.45) is 1.35. The van der Waals surface area contributed by atoms with Gasteiger partial charge in [0.1, 0.15) is 18.1 Å². The molecule has 4 aromatic rings. The normalized spacial score (nSPS) is 10.8. The van der Waals surface area contributed by atoms with Crippen LogP contribution in [0, 0.1) is 0 Å². The number of para-hydroxylation sites is 3. The van der Waals surface area contributed by atoms with Crippen LogP contribution in [0.15, 0.2) is 84.9 Å². The second-order valence-corrected chi connectivity index (χ2v) is 8.39. The summed E-state index contributed by atoms with van der Waals surface area (Å²) in [5.74, 6) is 1.35. The highest BCUT2D eigenvalue weighted by Crippen LogP contribution is 2.18. The van der Waals surface area contributed by atoms with Crippen LogP contribution in [-0.2, 0) is 29.1 Å². The zero-order chi connectivity index (χ0) is 24.5.